The smallest absolute Gasteiger partial charge is 0.261 e. The number of halogens is 1. The van der Waals surface area contributed by atoms with Crippen molar-refractivity contribution in [2.24, 2.45) is 0 Å². The van der Waals surface area contributed by atoms with Crippen LogP contribution in [0.5, 0.6) is 17.2 Å². The van der Waals surface area contributed by atoms with Crippen LogP contribution in [0.2, 0.25) is 0 Å². The predicted molar refractivity (Wildman–Crippen MR) is 102 cm³/mol. The van der Waals surface area contributed by atoms with Gasteiger partial charge in [0.2, 0.25) is 0 Å². The van der Waals surface area contributed by atoms with Crippen LogP contribution < -0.4 is 19.5 Å². The number of nitrogens with one attached hydrogen (secondary N) is 1. The third kappa shape index (κ3) is 4.01. The highest BCUT2D eigenvalue weighted by Gasteiger charge is 2.19. The highest BCUT2D eigenvalue weighted by Crippen LogP contribution is 2.35. The molecule has 2 aromatic carbocycles. The molecule has 0 bridgehead atoms. The molecule has 8 heteroatoms. The zero-order valence-electron chi connectivity index (χ0n) is 14.9. The van der Waals surface area contributed by atoms with E-state index in [0.717, 1.165) is 0 Å². The Balaban J connectivity index is 1.86. The summed E-state index contributed by atoms with van der Waals surface area (Å²) in [6.07, 6.45) is 0. The molecule has 3 aromatic rings. The van der Waals surface area contributed by atoms with Crippen LogP contribution in [0.3, 0.4) is 0 Å². The first-order valence-electron chi connectivity index (χ1n) is 7.88. The topological polar surface area (TPSA) is 69.7 Å². The van der Waals surface area contributed by atoms with Gasteiger partial charge in [0.25, 0.3) is 5.91 Å². The molecule has 0 saturated carbocycles. The Morgan fingerprint density at radius 2 is 1.74 bits per heavy atom. The number of hydrogen-bond donors (Lipinski definition) is 1. The van der Waals surface area contributed by atoms with Crippen molar-refractivity contribution in [2.75, 3.05) is 26.6 Å². The predicted octanol–water partition coefficient (Wildman–Crippen LogP) is 4.23. The maximum absolute atomic E-state index is 13.4. The molecule has 27 heavy (non-hydrogen) atoms. The maximum atomic E-state index is 13.4. The summed E-state index contributed by atoms with van der Waals surface area (Å²) in [7, 11) is 4.45. The van der Waals surface area contributed by atoms with Gasteiger partial charge in [-0.25, -0.2) is 9.37 Å². The van der Waals surface area contributed by atoms with Crippen LogP contribution in [0, 0.1) is 5.82 Å². The molecule has 1 heterocycles. The molecule has 0 atom stereocenters. The standard InChI is InChI=1S/C19H17FN2O4S/c1-24-15-9-17(26-3)16(25-2)8-13(15)18(23)22-19-21-14(10-27-19)11-5-4-6-12(20)7-11/h4-10H,1-3H3,(H,21,22,23). The second-order valence-corrected chi connectivity index (χ2v) is 6.27. The lowest BCUT2D eigenvalue weighted by Gasteiger charge is -2.13. The van der Waals surface area contributed by atoms with E-state index in [9.17, 15) is 9.18 Å². The number of anilines is 1. The normalized spacial score (nSPS) is 10.4. The second kappa shape index (κ2) is 8.05. The summed E-state index contributed by atoms with van der Waals surface area (Å²) < 4.78 is 29.1. The minimum absolute atomic E-state index is 0.276. The van der Waals surface area contributed by atoms with Gasteiger partial charge in [0.05, 0.1) is 32.6 Å². The van der Waals surface area contributed by atoms with E-state index in [1.807, 2.05) is 0 Å². The van der Waals surface area contributed by atoms with Gasteiger partial charge in [-0.2, -0.15) is 0 Å². The molecule has 6 nitrogen and oxygen atoms in total. The average molecular weight is 388 g/mol. The van der Waals surface area contributed by atoms with Gasteiger partial charge in [0, 0.05) is 23.1 Å². The molecule has 0 aliphatic carbocycles. The van der Waals surface area contributed by atoms with Gasteiger partial charge in [0.15, 0.2) is 16.6 Å². The van der Waals surface area contributed by atoms with E-state index in [2.05, 4.69) is 10.3 Å². The molecule has 1 N–H and O–H groups in total. The molecule has 1 aromatic heterocycles. The number of carbonyl (C=O) groups is 1. The summed E-state index contributed by atoms with van der Waals surface area (Å²) in [6, 6.07) is 9.22. The highest BCUT2D eigenvalue weighted by molar-refractivity contribution is 7.14. The van der Waals surface area contributed by atoms with Gasteiger partial charge in [-0.15, -0.1) is 11.3 Å². The number of ether oxygens (including phenoxy) is 3. The number of methoxy groups -OCH3 is 3. The van der Waals surface area contributed by atoms with Crippen LogP contribution in [-0.2, 0) is 0 Å². The quantitative estimate of drug-likeness (QED) is 0.684. The number of benzene rings is 2. The molecule has 0 spiro atoms. The molecular weight excluding hydrogens is 371 g/mol. The maximum Gasteiger partial charge on any atom is 0.261 e. The SMILES string of the molecule is COc1cc(OC)c(C(=O)Nc2nc(-c3cccc(F)c3)cs2)cc1OC. The lowest BCUT2D eigenvalue weighted by molar-refractivity contribution is 0.102. The molecule has 0 aliphatic rings. The van der Waals surface area contributed by atoms with Crippen LogP contribution in [0.4, 0.5) is 9.52 Å². The molecule has 0 radical (unpaired) electrons. The van der Waals surface area contributed by atoms with Crippen molar-refractivity contribution in [3.05, 3.63) is 53.2 Å². The van der Waals surface area contributed by atoms with Gasteiger partial charge < -0.3 is 14.2 Å². The van der Waals surface area contributed by atoms with Crippen LogP contribution >= 0.6 is 11.3 Å². The monoisotopic (exact) mass is 388 g/mol. The van der Waals surface area contributed by atoms with Gasteiger partial charge >= 0.3 is 0 Å². The van der Waals surface area contributed by atoms with Crippen molar-refractivity contribution in [3.63, 3.8) is 0 Å². The minimum Gasteiger partial charge on any atom is -0.496 e. The first-order valence-corrected chi connectivity index (χ1v) is 8.76. The van der Waals surface area contributed by atoms with Crippen LogP contribution in [0.25, 0.3) is 11.3 Å². The summed E-state index contributed by atoms with van der Waals surface area (Å²) in [5.74, 6) is 0.442. The van der Waals surface area contributed by atoms with E-state index in [4.69, 9.17) is 14.2 Å². The van der Waals surface area contributed by atoms with Crippen molar-refractivity contribution in [1.82, 2.24) is 4.98 Å². The van der Waals surface area contributed by atoms with Crippen LogP contribution in [-0.4, -0.2) is 32.2 Å². The third-order valence-electron chi connectivity index (χ3n) is 3.80. The van der Waals surface area contributed by atoms with Gasteiger partial charge in [-0.1, -0.05) is 12.1 Å². The Bertz CT molecular complexity index is 974. The summed E-state index contributed by atoms with van der Waals surface area (Å²) in [6.45, 7) is 0. The second-order valence-electron chi connectivity index (χ2n) is 5.41. The largest absolute Gasteiger partial charge is 0.496 e. The lowest BCUT2D eigenvalue weighted by Crippen LogP contribution is -2.13. The zero-order chi connectivity index (χ0) is 19.4. The van der Waals surface area contributed by atoms with Crippen molar-refractivity contribution in [2.45, 2.75) is 0 Å². The summed E-state index contributed by atoms with van der Waals surface area (Å²) in [5, 5.41) is 4.86. The average Bonchev–Trinajstić information content (AvgIpc) is 3.15. The van der Waals surface area contributed by atoms with E-state index in [1.165, 1.54) is 50.9 Å². The van der Waals surface area contributed by atoms with Crippen molar-refractivity contribution < 1.29 is 23.4 Å². The van der Waals surface area contributed by atoms with Crippen LogP contribution in [0.1, 0.15) is 10.4 Å². The number of amides is 1. The highest BCUT2D eigenvalue weighted by atomic mass is 32.1. The lowest BCUT2D eigenvalue weighted by atomic mass is 10.1. The van der Waals surface area contributed by atoms with E-state index in [1.54, 1.807) is 23.6 Å². The molecule has 0 unspecified atom stereocenters. The van der Waals surface area contributed by atoms with E-state index < -0.39 is 5.91 Å². The van der Waals surface area contributed by atoms with Crippen molar-refractivity contribution in [1.29, 1.82) is 0 Å². The molecular formula is C19H17FN2O4S. The number of carbonyl (C=O) groups excluding carboxylic acids is 1. The Morgan fingerprint density at radius 1 is 1.04 bits per heavy atom. The molecule has 3 rings (SSSR count). The van der Waals surface area contributed by atoms with Gasteiger partial charge in [-0.3, -0.25) is 10.1 Å². The number of nitrogens with zero attached hydrogens (tertiary/aromatic N) is 1. The minimum atomic E-state index is -0.409. The van der Waals surface area contributed by atoms with E-state index in [0.29, 0.717) is 33.6 Å². The van der Waals surface area contributed by atoms with E-state index in [-0.39, 0.29) is 11.4 Å². The van der Waals surface area contributed by atoms with E-state index >= 15 is 0 Å². The fourth-order valence-electron chi connectivity index (χ4n) is 2.48. The molecule has 0 aliphatic heterocycles. The van der Waals surface area contributed by atoms with Gasteiger partial charge in [-0.05, 0) is 12.1 Å². The Morgan fingerprint density at radius 3 is 2.41 bits per heavy atom. The summed E-state index contributed by atoms with van der Waals surface area (Å²) >= 11 is 1.24. The molecule has 140 valence electrons. The Kier molecular flexibility index (Phi) is 5.56. The number of thiazole rings is 1. The summed E-state index contributed by atoms with van der Waals surface area (Å²) in [4.78, 5) is 17.0. The fourth-order valence-corrected chi connectivity index (χ4v) is 3.20. The Labute approximate surface area is 159 Å². The summed E-state index contributed by atoms with van der Waals surface area (Å²) in [5.41, 5.74) is 1.49. The van der Waals surface area contributed by atoms with Crippen LogP contribution in [0.15, 0.2) is 41.8 Å². The van der Waals surface area contributed by atoms with Crippen molar-refractivity contribution >= 4 is 22.4 Å². The first-order chi connectivity index (χ1) is 13.0. The molecule has 0 saturated heterocycles. The first kappa shape index (κ1) is 18.7. The molecule has 1 amide bonds. The fraction of sp³-hybridized carbons (Fsp3) is 0.158. The van der Waals surface area contributed by atoms with Gasteiger partial charge in [0.1, 0.15) is 11.6 Å². The number of hydrogen-bond acceptors (Lipinski definition) is 6. The number of rotatable bonds is 6. The molecule has 0 fully saturated rings. The zero-order valence-corrected chi connectivity index (χ0v) is 15.7. The van der Waals surface area contributed by atoms with Crippen molar-refractivity contribution in [3.8, 4) is 28.5 Å². The third-order valence-corrected chi connectivity index (χ3v) is 4.55. The number of aromatic nitrogens is 1. The Hall–Kier alpha value is -3.13.